The number of unbranched alkanes of at least 4 members (excludes halogenated alkanes) is 43. The van der Waals surface area contributed by atoms with Gasteiger partial charge in [0.25, 0.3) is 0 Å². The van der Waals surface area contributed by atoms with E-state index in [1.54, 1.807) is 0 Å². The fraction of sp³-hybridized carbons (Fsp3) is 0.951. The van der Waals surface area contributed by atoms with E-state index < -0.39 is 6.10 Å². The van der Waals surface area contributed by atoms with E-state index in [9.17, 15) is 14.4 Å². The lowest BCUT2D eigenvalue weighted by atomic mass is 10.0. The molecule has 0 aromatic rings. The average Bonchev–Trinajstić information content (AvgIpc) is 3.31. The maximum Gasteiger partial charge on any atom is 0.306 e. The first-order chi connectivity index (χ1) is 32.9. The molecule has 0 fully saturated rings. The highest BCUT2D eigenvalue weighted by Gasteiger charge is 2.19. The molecule has 0 bridgehead atoms. The fourth-order valence-electron chi connectivity index (χ4n) is 9.46. The van der Waals surface area contributed by atoms with Gasteiger partial charge < -0.3 is 14.2 Å². The van der Waals surface area contributed by atoms with E-state index in [1.165, 1.54) is 244 Å². The molecule has 6 nitrogen and oxygen atoms in total. The van der Waals surface area contributed by atoms with Crippen molar-refractivity contribution in [1.82, 2.24) is 0 Å². The van der Waals surface area contributed by atoms with Crippen molar-refractivity contribution in [3.05, 3.63) is 0 Å². The van der Waals surface area contributed by atoms with Crippen LogP contribution in [0.2, 0.25) is 0 Å². The summed E-state index contributed by atoms with van der Waals surface area (Å²) in [6, 6.07) is 0. The lowest BCUT2D eigenvalue weighted by molar-refractivity contribution is -0.167. The fourth-order valence-corrected chi connectivity index (χ4v) is 9.46. The minimum Gasteiger partial charge on any atom is -0.462 e. The third-order valence-corrected chi connectivity index (χ3v) is 14.0. The first kappa shape index (κ1) is 65.4. The first-order valence-corrected chi connectivity index (χ1v) is 30.4. The molecule has 0 radical (unpaired) electrons. The van der Waals surface area contributed by atoms with Crippen molar-refractivity contribution in [2.45, 2.75) is 355 Å². The van der Waals surface area contributed by atoms with Crippen LogP contribution >= 0.6 is 0 Å². The topological polar surface area (TPSA) is 78.9 Å². The van der Waals surface area contributed by atoms with E-state index in [0.29, 0.717) is 19.3 Å². The molecule has 0 aliphatic heterocycles. The number of carbonyl (C=O) groups is 3. The van der Waals surface area contributed by atoms with Gasteiger partial charge in [0.05, 0.1) is 0 Å². The Bertz CT molecular complexity index is 1010. The van der Waals surface area contributed by atoms with Gasteiger partial charge in [0.15, 0.2) is 6.10 Å². The molecule has 0 saturated heterocycles. The van der Waals surface area contributed by atoms with Crippen molar-refractivity contribution in [3.8, 4) is 0 Å². The van der Waals surface area contributed by atoms with Gasteiger partial charge in [0.1, 0.15) is 13.2 Å². The van der Waals surface area contributed by atoms with E-state index in [-0.39, 0.29) is 31.1 Å². The molecule has 0 rings (SSSR count). The maximum atomic E-state index is 12.8. The van der Waals surface area contributed by atoms with Gasteiger partial charge in [-0.05, 0) is 25.2 Å². The number of hydrogen-bond acceptors (Lipinski definition) is 6. The van der Waals surface area contributed by atoms with Gasteiger partial charge >= 0.3 is 17.9 Å². The van der Waals surface area contributed by atoms with Crippen LogP contribution in [0.15, 0.2) is 0 Å². The van der Waals surface area contributed by atoms with Crippen LogP contribution < -0.4 is 0 Å². The summed E-state index contributed by atoms with van der Waals surface area (Å²) in [6.45, 7) is 9.08. The Hall–Kier alpha value is -1.59. The highest BCUT2D eigenvalue weighted by molar-refractivity contribution is 5.71. The lowest BCUT2D eigenvalue weighted by Gasteiger charge is -2.18. The van der Waals surface area contributed by atoms with Crippen LogP contribution in [0.1, 0.15) is 349 Å². The Morgan fingerprint density at radius 1 is 0.284 bits per heavy atom. The second-order valence-electron chi connectivity index (χ2n) is 21.5. The van der Waals surface area contributed by atoms with Crippen LogP contribution in [0.25, 0.3) is 0 Å². The van der Waals surface area contributed by atoms with E-state index in [1.807, 2.05) is 0 Å². The Labute approximate surface area is 418 Å². The van der Waals surface area contributed by atoms with Crippen LogP contribution in [0.4, 0.5) is 0 Å². The standard InChI is InChI=1S/C61H118O6/c1-5-7-9-11-13-15-17-19-20-21-22-23-26-29-33-36-40-44-48-52-59(62)65-55-58(67-61(64)54-50-46-42-38-32-18-16-14-12-10-8-6-2)56-66-60(63)53-49-45-41-37-34-30-27-24-25-28-31-35-39-43-47-51-57(3)4/h57-58H,5-56H2,1-4H3/t58-/m1/s1. The molecule has 0 aliphatic carbocycles. The van der Waals surface area contributed by atoms with Crippen molar-refractivity contribution in [2.75, 3.05) is 13.2 Å². The minimum absolute atomic E-state index is 0.0615. The Morgan fingerprint density at radius 3 is 0.731 bits per heavy atom. The molecule has 1 atom stereocenters. The van der Waals surface area contributed by atoms with Crippen LogP contribution in [0.5, 0.6) is 0 Å². The number of esters is 3. The summed E-state index contributed by atoms with van der Waals surface area (Å²) in [5, 5.41) is 0. The van der Waals surface area contributed by atoms with Gasteiger partial charge in [-0.1, -0.05) is 310 Å². The maximum absolute atomic E-state index is 12.8. The van der Waals surface area contributed by atoms with Gasteiger partial charge in [0.2, 0.25) is 0 Å². The van der Waals surface area contributed by atoms with Crippen LogP contribution in [-0.2, 0) is 28.6 Å². The SMILES string of the molecule is CCCCCCCCCCCCCCCCCCCCCC(=O)OC[C@H](COC(=O)CCCCCCCCCCCCCCCCCC(C)C)OC(=O)CCCCCCCCCCCCCC. The lowest BCUT2D eigenvalue weighted by Crippen LogP contribution is -2.30. The summed E-state index contributed by atoms with van der Waals surface area (Å²) in [7, 11) is 0. The second-order valence-corrected chi connectivity index (χ2v) is 21.5. The molecule has 0 N–H and O–H groups in total. The van der Waals surface area contributed by atoms with Gasteiger partial charge in [-0.3, -0.25) is 14.4 Å². The van der Waals surface area contributed by atoms with Gasteiger partial charge in [-0.2, -0.15) is 0 Å². The Balaban J connectivity index is 4.23. The molecule has 0 aliphatic rings. The van der Waals surface area contributed by atoms with E-state index >= 15 is 0 Å². The van der Waals surface area contributed by atoms with Crippen molar-refractivity contribution < 1.29 is 28.6 Å². The van der Waals surface area contributed by atoms with Crippen molar-refractivity contribution >= 4 is 17.9 Å². The summed E-state index contributed by atoms with van der Waals surface area (Å²) in [5.41, 5.74) is 0. The zero-order valence-electron chi connectivity index (χ0n) is 45.9. The summed E-state index contributed by atoms with van der Waals surface area (Å²) in [5.74, 6) is 0.0168. The predicted molar refractivity (Wildman–Crippen MR) is 289 cm³/mol. The first-order valence-electron chi connectivity index (χ1n) is 30.4. The van der Waals surface area contributed by atoms with Crippen LogP contribution in [0.3, 0.4) is 0 Å². The largest absolute Gasteiger partial charge is 0.462 e. The minimum atomic E-state index is -0.762. The number of ether oxygens (including phenoxy) is 3. The quantitative estimate of drug-likeness (QED) is 0.0343. The third-order valence-electron chi connectivity index (χ3n) is 14.0. The highest BCUT2D eigenvalue weighted by atomic mass is 16.6. The zero-order chi connectivity index (χ0) is 48.8. The summed E-state index contributed by atoms with van der Waals surface area (Å²) in [6.07, 6.45) is 61.0. The molecule has 0 saturated carbocycles. The normalized spacial score (nSPS) is 12.0. The monoisotopic (exact) mass is 947 g/mol. The van der Waals surface area contributed by atoms with E-state index in [4.69, 9.17) is 14.2 Å². The molecule has 0 heterocycles. The number of hydrogen-bond donors (Lipinski definition) is 0. The van der Waals surface area contributed by atoms with E-state index in [0.717, 1.165) is 63.7 Å². The molecule has 67 heavy (non-hydrogen) atoms. The Kier molecular flexibility index (Phi) is 54.0. The predicted octanol–water partition coefficient (Wildman–Crippen LogP) is 20.2. The average molecular weight is 948 g/mol. The summed E-state index contributed by atoms with van der Waals surface area (Å²) in [4.78, 5) is 38.2. The Morgan fingerprint density at radius 2 is 0.493 bits per heavy atom. The van der Waals surface area contributed by atoms with Gasteiger partial charge in [0, 0.05) is 19.3 Å². The van der Waals surface area contributed by atoms with Crippen molar-refractivity contribution in [1.29, 1.82) is 0 Å². The van der Waals surface area contributed by atoms with Crippen LogP contribution in [0, 0.1) is 5.92 Å². The molecule has 0 amide bonds. The van der Waals surface area contributed by atoms with Gasteiger partial charge in [-0.15, -0.1) is 0 Å². The van der Waals surface area contributed by atoms with Crippen LogP contribution in [-0.4, -0.2) is 37.2 Å². The smallest absolute Gasteiger partial charge is 0.306 e. The summed E-state index contributed by atoms with van der Waals surface area (Å²) < 4.78 is 16.9. The molecule has 0 unspecified atom stereocenters. The van der Waals surface area contributed by atoms with Crippen molar-refractivity contribution in [2.24, 2.45) is 5.92 Å². The highest BCUT2D eigenvalue weighted by Crippen LogP contribution is 2.18. The molecule has 0 aromatic carbocycles. The third kappa shape index (κ3) is 55.2. The van der Waals surface area contributed by atoms with E-state index in [2.05, 4.69) is 27.7 Å². The summed E-state index contributed by atoms with van der Waals surface area (Å²) >= 11 is 0. The number of carbonyl (C=O) groups excluding carboxylic acids is 3. The number of rotatable bonds is 56. The molecule has 6 heteroatoms. The molecule has 0 aromatic heterocycles. The van der Waals surface area contributed by atoms with Gasteiger partial charge in [-0.25, -0.2) is 0 Å². The second kappa shape index (κ2) is 55.3. The molecular weight excluding hydrogens is 829 g/mol. The molecular formula is C61H118O6. The van der Waals surface area contributed by atoms with Crippen molar-refractivity contribution in [3.63, 3.8) is 0 Å². The zero-order valence-corrected chi connectivity index (χ0v) is 45.9. The molecule has 398 valence electrons. The molecule has 0 spiro atoms.